The van der Waals surface area contributed by atoms with Crippen LogP contribution in [0.3, 0.4) is 0 Å². The van der Waals surface area contributed by atoms with Crippen LogP contribution in [-0.2, 0) is 28.0 Å². The van der Waals surface area contributed by atoms with Crippen LogP contribution in [0.5, 0.6) is 0 Å². The third kappa shape index (κ3) is 7.32. The first-order valence-electron chi connectivity index (χ1n) is 11.0. The Morgan fingerprint density at radius 2 is 1.68 bits per heavy atom. The van der Waals surface area contributed by atoms with Crippen molar-refractivity contribution < 1.29 is 22.3 Å². The number of hydrogen-bond acceptors (Lipinski definition) is 6. The molecule has 0 saturated heterocycles. The van der Waals surface area contributed by atoms with Gasteiger partial charge in [0.05, 0.1) is 31.4 Å². The third-order valence-electron chi connectivity index (χ3n) is 5.11. The number of ether oxygens (including phenoxy) is 1. The molecule has 0 fully saturated rings. The normalized spacial score (nSPS) is 11.2. The number of sulfonamides is 1. The van der Waals surface area contributed by atoms with E-state index >= 15 is 0 Å². The molecule has 0 radical (unpaired) electrons. The van der Waals surface area contributed by atoms with E-state index in [2.05, 4.69) is 20.0 Å². The van der Waals surface area contributed by atoms with E-state index < -0.39 is 21.7 Å². The number of halogens is 2. The van der Waals surface area contributed by atoms with Crippen LogP contribution < -0.4 is 10.0 Å². The van der Waals surface area contributed by atoms with E-state index in [0.717, 1.165) is 23.4 Å². The Hall–Kier alpha value is -3.86. The number of nitrogens with one attached hydrogen (secondary N) is 2. The maximum absolute atomic E-state index is 14.6. The summed E-state index contributed by atoms with van der Waals surface area (Å²) in [6.07, 6.45) is 2.11. The van der Waals surface area contributed by atoms with Crippen molar-refractivity contribution in [1.82, 2.24) is 9.97 Å². The Morgan fingerprint density at radius 3 is 2.35 bits per heavy atom. The summed E-state index contributed by atoms with van der Waals surface area (Å²) < 4.78 is 45.5. The van der Waals surface area contributed by atoms with Gasteiger partial charge in [0.15, 0.2) is 11.0 Å². The van der Waals surface area contributed by atoms with E-state index in [9.17, 15) is 17.6 Å². The summed E-state index contributed by atoms with van der Waals surface area (Å²) >= 11 is 5.90. The van der Waals surface area contributed by atoms with Gasteiger partial charge in [-0.2, -0.15) is 0 Å². The highest BCUT2D eigenvalue weighted by Crippen LogP contribution is 2.27. The van der Waals surface area contributed by atoms with Gasteiger partial charge in [0.2, 0.25) is 10.0 Å². The van der Waals surface area contributed by atoms with Gasteiger partial charge in [-0.15, -0.1) is 0 Å². The molecule has 8 nitrogen and oxygen atoms in total. The molecule has 0 aliphatic heterocycles. The lowest BCUT2D eigenvalue weighted by Crippen LogP contribution is -2.13. The summed E-state index contributed by atoms with van der Waals surface area (Å²) in [5, 5.41) is 2.57. The fourth-order valence-corrected chi connectivity index (χ4v) is 4.04. The van der Waals surface area contributed by atoms with Crippen LogP contribution in [0, 0.1) is 5.82 Å². The van der Waals surface area contributed by atoms with Crippen molar-refractivity contribution in [1.29, 1.82) is 0 Å². The Balaban J connectivity index is 1.44. The minimum Gasteiger partial charge on any atom is -0.372 e. The van der Waals surface area contributed by atoms with Crippen molar-refractivity contribution >= 4 is 39.0 Å². The van der Waals surface area contributed by atoms with Crippen molar-refractivity contribution in [3.63, 3.8) is 0 Å². The molecular formula is C26H22ClFN4O4S. The first-order valence-corrected chi connectivity index (χ1v) is 13.3. The SMILES string of the molecule is CS(=O)(=O)Nc1nc(-c2cc(C(=O)Nc3ccc(COCc4ccccc4)cc3)ccc2F)cnc1Cl. The molecule has 1 amide bonds. The number of aromatic nitrogens is 2. The summed E-state index contributed by atoms with van der Waals surface area (Å²) in [7, 11) is -3.69. The summed E-state index contributed by atoms with van der Waals surface area (Å²) in [4.78, 5) is 20.8. The summed E-state index contributed by atoms with van der Waals surface area (Å²) in [6.45, 7) is 0.915. The fraction of sp³-hybridized carbons (Fsp3) is 0.115. The third-order valence-corrected chi connectivity index (χ3v) is 5.95. The van der Waals surface area contributed by atoms with E-state index in [0.29, 0.717) is 18.9 Å². The number of nitrogens with zero attached hydrogens (tertiary/aromatic N) is 2. The maximum atomic E-state index is 14.6. The number of carbonyl (C=O) groups is 1. The molecule has 11 heteroatoms. The second-order valence-corrected chi connectivity index (χ2v) is 10.2. The molecule has 0 aliphatic carbocycles. The molecule has 1 heterocycles. The molecule has 2 N–H and O–H groups in total. The molecule has 1 aromatic heterocycles. The maximum Gasteiger partial charge on any atom is 0.255 e. The van der Waals surface area contributed by atoms with E-state index in [-0.39, 0.29) is 27.8 Å². The lowest BCUT2D eigenvalue weighted by Gasteiger charge is -2.10. The standard InChI is InChI=1S/C26H22ClFN4O4S/c1-37(34,35)32-25-24(27)29-14-23(31-25)21-13-19(9-12-22(21)28)26(33)30-20-10-7-18(8-11-20)16-36-15-17-5-3-2-4-6-17/h2-14H,15-16H2,1H3,(H,30,33)(H,31,32). The highest BCUT2D eigenvalue weighted by Gasteiger charge is 2.16. The molecule has 0 bridgehead atoms. The molecule has 3 aromatic carbocycles. The van der Waals surface area contributed by atoms with Gasteiger partial charge in [-0.05, 0) is 41.5 Å². The minimum absolute atomic E-state index is 0.00237. The van der Waals surface area contributed by atoms with Gasteiger partial charge in [-0.3, -0.25) is 9.52 Å². The lowest BCUT2D eigenvalue weighted by atomic mass is 10.1. The van der Waals surface area contributed by atoms with Crippen molar-refractivity contribution in [2.24, 2.45) is 0 Å². The van der Waals surface area contributed by atoms with Crippen molar-refractivity contribution in [2.75, 3.05) is 16.3 Å². The summed E-state index contributed by atoms with van der Waals surface area (Å²) in [6, 6.07) is 20.8. The quantitative estimate of drug-likeness (QED) is 0.299. The number of anilines is 2. The monoisotopic (exact) mass is 540 g/mol. The topological polar surface area (TPSA) is 110 Å². The van der Waals surface area contributed by atoms with E-state index in [1.54, 1.807) is 12.1 Å². The average molecular weight is 541 g/mol. The zero-order chi connectivity index (χ0) is 26.4. The molecule has 4 rings (SSSR count). The van der Waals surface area contributed by atoms with Crippen molar-refractivity contribution in [3.05, 3.63) is 107 Å². The zero-order valence-corrected chi connectivity index (χ0v) is 21.2. The van der Waals surface area contributed by atoms with Crippen LogP contribution in [0.15, 0.2) is 79.0 Å². The molecule has 190 valence electrons. The van der Waals surface area contributed by atoms with Crippen LogP contribution >= 0.6 is 11.6 Å². The number of benzene rings is 3. The highest BCUT2D eigenvalue weighted by molar-refractivity contribution is 7.92. The number of carbonyl (C=O) groups excluding carboxylic acids is 1. The summed E-state index contributed by atoms with van der Waals surface area (Å²) in [5.74, 6) is -1.38. The lowest BCUT2D eigenvalue weighted by molar-refractivity contribution is 0.102. The Kier molecular flexibility index (Phi) is 8.12. The smallest absolute Gasteiger partial charge is 0.255 e. The molecule has 0 aliphatic rings. The predicted molar refractivity (Wildman–Crippen MR) is 140 cm³/mol. The highest BCUT2D eigenvalue weighted by atomic mass is 35.5. The van der Waals surface area contributed by atoms with Gasteiger partial charge in [0.25, 0.3) is 5.91 Å². The fourth-order valence-electron chi connectivity index (χ4n) is 3.36. The first kappa shape index (κ1) is 26.2. The summed E-state index contributed by atoms with van der Waals surface area (Å²) in [5.41, 5.74) is 2.70. The Morgan fingerprint density at radius 1 is 1.00 bits per heavy atom. The van der Waals surface area contributed by atoms with Crippen LogP contribution in [0.4, 0.5) is 15.9 Å². The van der Waals surface area contributed by atoms with Gasteiger partial charge in [0.1, 0.15) is 5.82 Å². The van der Waals surface area contributed by atoms with Gasteiger partial charge in [0, 0.05) is 16.8 Å². The van der Waals surface area contributed by atoms with E-state index in [1.165, 1.54) is 18.3 Å². The zero-order valence-electron chi connectivity index (χ0n) is 19.6. The molecule has 4 aromatic rings. The first-order chi connectivity index (χ1) is 17.7. The minimum atomic E-state index is -3.69. The van der Waals surface area contributed by atoms with Crippen LogP contribution in [0.1, 0.15) is 21.5 Å². The predicted octanol–water partition coefficient (Wildman–Crippen LogP) is 5.28. The largest absolute Gasteiger partial charge is 0.372 e. The van der Waals surface area contributed by atoms with Crippen molar-refractivity contribution in [3.8, 4) is 11.3 Å². The van der Waals surface area contributed by atoms with Gasteiger partial charge in [-0.25, -0.2) is 22.8 Å². The van der Waals surface area contributed by atoms with Gasteiger partial charge >= 0.3 is 0 Å². The molecular weight excluding hydrogens is 519 g/mol. The van der Waals surface area contributed by atoms with Crippen LogP contribution in [0.25, 0.3) is 11.3 Å². The molecule has 0 unspecified atom stereocenters. The van der Waals surface area contributed by atoms with E-state index in [1.807, 2.05) is 42.5 Å². The number of amides is 1. The molecule has 0 atom stereocenters. The van der Waals surface area contributed by atoms with Crippen LogP contribution in [-0.4, -0.2) is 30.5 Å². The Bertz CT molecular complexity index is 1520. The second kappa shape index (κ2) is 11.5. The average Bonchev–Trinajstić information content (AvgIpc) is 2.86. The molecule has 37 heavy (non-hydrogen) atoms. The van der Waals surface area contributed by atoms with E-state index in [4.69, 9.17) is 16.3 Å². The Labute approximate surface area is 218 Å². The van der Waals surface area contributed by atoms with Crippen LogP contribution in [0.2, 0.25) is 5.15 Å². The van der Waals surface area contributed by atoms with Gasteiger partial charge in [-0.1, -0.05) is 54.1 Å². The van der Waals surface area contributed by atoms with Gasteiger partial charge < -0.3 is 10.1 Å². The number of hydrogen-bond donors (Lipinski definition) is 2. The van der Waals surface area contributed by atoms with Crippen molar-refractivity contribution in [2.45, 2.75) is 13.2 Å². The molecule has 0 saturated carbocycles. The number of rotatable bonds is 9. The molecule has 0 spiro atoms. The second-order valence-electron chi connectivity index (χ2n) is 8.09.